The van der Waals surface area contributed by atoms with Gasteiger partial charge in [0, 0.05) is 0 Å². The topological polar surface area (TPSA) is 82.1 Å². The van der Waals surface area contributed by atoms with Gasteiger partial charge >= 0.3 is 5.97 Å². The highest BCUT2D eigenvalue weighted by atomic mass is 32.2. The third kappa shape index (κ3) is 5.37. The molecule has 2 rings (SSSR count). The number of rotatable bonds is 8. The molecule has 27 heavy (non-hydrogen) atoms. The van der Waals surface area contributed by atoms with Crippen LogP contribution in [-0.4, -0.2) is 48.4 Å². The molecule has 8 heteroatoms. The molecule has 0 atom stereocenters. The Kier molecular flexibility index (Phi) is 7.06. The fourth-order valence-electron chi connectivity index (χ4n) is 2.26. The van der Waals surface area contributed by atoms with Crippen molar-refractivity contribution in [3.8, 4) is 11.5 Å². The van der Waals surface area contributed by atoms with Crippen molar-refractivity contribution in [1.82, 2.24) is 4.90 Å². The van der Waals surface area contributed by atoms with Crippen LogP contribution in [0.2, 0.25) is 0 Å². The summed E-state index contributed by atoms with van der Waals surface area (Å²) in [5, 5.41) is -0.509. The number of carbonyl (C=O) groups excluding carboxylic acids is 3. The fourth-order valence-corrected chi connectivity index (χ4v) is 3.10. The van der Waals surface area contributed by atoms with E-state index < -0.39 is 23.7 Å². The minimum atomic E-state index is -0.626. The number of imide groups is 1. The van der Waals surface area contributed by atoms with Crippen LogP contribution in [0.15, 0.2) is 35.8 Å². The van der Waals surface area contributed by atoms with Crippen LogP contribution in [0.1, 0.15) is 19.4 Å². The molecule has 1 aromatic carbocycles. The van der Waals surface area contributed by atoms with Crippen LogP contribution in [0.5, 0.6) is 11.5 Å². The van der Waals surface area contributed by atoms with Gasteiger partial charge in [0.15, 0.2) is 11.5 Å². The molecule has 0 aliphatic carbocycles. The Balaban J connectivity index is 2.17. The molecule has 1 heterocycles. The Hall–Kier alpha value is -2.74. The average Bonchev–Trinajstić information content (AvgIpc) is 2.87. The van der Waals surface area contributed by atoms with E-state index in [4.69, 9.17) is 14.2 Å². The molecule has 1 fully saturated rings. The summed E-state index contributed by atoms with van der Waals surface area (Å²) in [5.74, 6) is -0.125. The number of nitrogens with zero attached hydrogens (tertiary/aromatic N) is 1. The summed E-state index contributed by atoms with van der Waals surface area (Å²) in [4.78, 5) is 37.3. The third-order valence-electron chi connectivity index (χ3n) is 3.37. The molecular formula is C19H21NO6S. The van der Waals surface area contributed by atoms with E-state index in [1.165, 1.54) is 7.11 Å². The number of methoxy groups -OCH3 is 1. The Bertz CT molecular complexity index is 786. The number of carbonyl (C=O) groups is 3. The minimum Gasteiger partial charge on any atom is -0.493 e. The first-order chi connectivity index (χ1) is 12.8. The van der Waals surface area contributed by atoms with E-state index in [0.29, 0.717) is 23.7 Å². The molecule has 0 spiro atoms. The van der Waals surface area contributed by atoms with Crippen LogP contribution < -0.4 is 9.47 Å². The number of hydrogen-bond donors (Lipinski definition) is 0. The van der Waals surface area contributed by atoms with Gasteiger partial charge in [-0.05, 0) is 49.4 Å². The lowest BCUT2D eigenvalue weighted by molar-refractivity contribution is -0.149. The van der Waals surface area contributed by atoms with Crippen LogP contribution in [0.25, 0.3) is 6.08 Å². The van der Waals surface area contributed by atoms with Crippen LogP contribution in [0, 0.1) is 0 Å². The maximum Gasteiger partial charge on any atom is 0.326 e. The van der Waals surface area contributed by atoms with Gasteiger partial charge in [0.25, 0.3) is 11.1 Å². The van der Waals surface area contributed by atoms with E-state index in [1.54, 1.807) is 44.2 Å². The van der Waals surface area contributed by atoms with Gasteiger partial charge in [0.1, 0.15) is 13.2 Å². The minimum absolute atomic E-state index is 0.221. The Morgan fingerprint density at radius 1 is 1.30 bits per heavy atom. The van der Waals surface area contributed by atoms with Crippen LogP contribution >= 0.6 is 11.8 Å². The number of hydrogen-bond acceptors (Lipinski definition) is 7. The molecular weight excluding hydrogens is 370 g/mol. The van der Waals surface area contributed by atoms with E-state index in [1.807, 2.05) is 0 Å². The van der Waals surface area contributed by atoms with Gasteiger partial charge in [-0.2, -0.15) is 0 Å². The van der Waals surface area contributed by atoms with Crippen molar-refractivity contribution >= 4 is 35.0 Å². The average molecular weight is 391 g/mol. The number of amides is 2. The second kappa shape index (κ2) is 9.27. The third-order valence-corrected chi connectivity index (χ3v) is 4.28. The van der Waals surface area contributed by atoms with Crippen molar-refractivity contribution in [3.05, 3.63) is 41.3 Å². The van der Waals surface area contributed by atoms with Crippen LogP contribution in [0.3, 0.4) is 0 Å². The molecule has 0 aromatic heterocycles. The van der Waals surface area contributed by atoms with E-state index in [-0.39, 0.29) is 11.0 Å². The quantitative estimate of drug-likeness (QED) is 0.382. The van der Waals surface area contributed by atoms with Crippen molar-refractivity contribution in [3.63, 3.8) is 0 Å². The highest BCUT2D eigenvalue weighted by Crippen LogP contribution is 2.34. The zero-order valence-corrected chi connectivity index (χ0v) is 16.2. The lowest BCUT2D eigenvalue weighted by Crippen LogP contribution is -2.35. The van der Waals surface area contributed by atoms with Crippen molar-refractivity contribution in [2.45, 2.75) is 20.0 Å². The van der Waals surface area contributed by atoms with Gasteiger partial charge < -0.3 is 14.2 Å². The number of benzene rings is 1. The Morgan fingerprint density at radius 2 is 2.04 bits per heavy atom. The first kappa shape index (κ1) is 20.6. The van der Waals surface area contributed by atoms with Gasteiger partial charge in [-0.25, -0.2) is 0 Å². The number of esters is 1. The van der Waals surface area contributed by atoms with E-state index in [0.717, 1.165) is 16.7 Å². The molecule has 1 aliphatic rings. The van der Waals surface area contributed by atoms with E-state index in [9.17, 15) is 14.4 Å². The maximum atomic E-state index is 12.4. The largest absolute Gasteiger partial charge is 0.493 e. The summed E-state index contributed by atoms with van der Waals surface area (Å²) in [6.45, 7) is 6.91. The van der Waals surface area contributed by atoms with E-state index in [2.05, 4.69) is 6.58 Å². The summed E-state index contributed by atoms with van der Waals surface area (Å²) in [5.41, 5.74) is 0.660. The van der Waals surface area contributed by atoms with Gasteiger partial charge in [0.2, 0.25) is 0 Å². The zero-order chi connectivity index (χ0) is 20.0. The van der Waals surface area contributed by atoms with Crippen molar-refractivity contribution in [2.75, 3.05) is 20.3 Å². The van der Waals surface area contributed by atoms with Gasteiger partial charge in [0.05, 0.1) is 18.1 Å². The molecule has 2 amide bonds. The highest BCUT2D eigenvalue weighted by molar-refractivity contribution is 8.18. The van der Waals surface area contributed by atoms with Gasteiger partial charge in [-0.1, -0.05) is 18.7 Å². The molecule has 0 radical (unpaired) electrons. The molecule has 1 aliphatic heterocycles. The Labute approximate surface area is 161 Å². The molecule has 0 bridgehead atoms. The molecule has 0 saturated carbocycles. The zero-order valence-electron chi connectivity index (χ0n) is 15.4. The van der Waals surface area contributed by atoms with E-state index >= 15 is 0 Å². The SMILES string of the molecule is C=CCOc1ccc(/C=C2/SC(=O)N(CC(=O)OC(C)C)C2=O)cc1OC. The Morgan fingerprint density at radius 3 is 2.67 bits per heavy atom. The maximum absolute atomic E-state index is 12.4. The fraction of sp³-hybridized carbons (Fsp3) is 0.316. The van der Waals surface area contributed by atoms with Crippen LogP contribution in [-0.2, 0) is 14.3 Å². The van der Waals surface area contributed by atoms with Gasteiger partial charge in [-0.3, -0.25) is 19.3 Å². The summed E-state index contributed by atoms with van der Waals surface area (Å²) in [6, 6.07) is 5.14. The van der Waals surface area contributed by atoms with Gasteiger partial charge in [-0.15, -0.1) is 0 Å². The summed E-state index contributed by atoms with van der Waals surface area (Å²) in [6.07, 6.45) is 2.87. The normalized spacial score (nSPS) is 15.4. The summed E-state index contributed by atoms with van der Waals surface area (Å²) in [7, 11) is 1.51. The molecule has 144 valence electrons. The molecule has 7 nitrogen and oxygen atoms in total. The molecule has 0 unspecified atom stereocenters. The lowest BCUT2D eigenvalue weighted by Gasteiger charge is -2.13. The van der Waals surface area contributed by atoms with Crippen molar-refractivity contribution in [2.24, 2.45) is 0 Å². The highest BCUT2D eigenvalue weighted by Gasteiger charge is 2.36. The predicted octanol–water partition coefficient (Wildman–Crippen LogP) is 3.25. The smallest absolute Gasteiger partial charge is 0.326 e. The van der Waals surface area contributed by atoms with Crippen LogP contribution in [0.4, 0.5) is 4.79 Å². The molecule has 0 N–H and O–H groups in total. The molecule has 1 saturated heterocycles. The standard InChI is InChI=1S/C19H21NO6S/c1-5-8-25-14-7-6-13(9-15(14)24-4)10-16-18(22)20(19(23)27-16)11-17(21)26-12(2)3/h5-7,9-10,12H,1,8,11H2,2-4H3/b16-10+. The number of ether oxygens (including phenoxy) is 3. The first-order valence-electron chi connectivity index (χ1n) is 8.22. The second-order valence-electron chi connectivity index (χ2n) is 5.82. The summed E-state index contributed by atoms with van der Waals surface area (Å²) >= 11 is 0.774. The second-order valence-corrected chi connectivity index (χ2v) is 6.81. The first-order valence-corrected chi connectivity index (χ1v) is 9.04. The number of thioether (sulfide) groups is 1. The lowest BCUT2D eigenvalue weighted by atomic mass is 10.2. The summed E-state index contributed by atoms with van der Waals surface area (Å²) < 4.78 is 15.8. The van der Waals surface area contributed by atoms with Crippen molar-refractivity contribution in [1.29, 1.82) is 0 Å². The predicted molar refractivity (Wildman–Crippen MR) is 103 cm³/mol. The monoisotopic (exact) mass is 391 g/mol. The molecule has 1 aromatic rings. The van der Waals surface area contributed by atoms with Crippen molar-refractivity contribution < 1.29 is 28.6 Å².